The molecule has 4 nitrogen and oxygen atoms in total. The Bertz CT molecular complexity index is 524. The molecule has 88 valence electrons. The molecule has 0 heterocycles. The topological polar surface area (TPSA) is 72.2 Å². The molecule has 1 aliphatic rings. The van der Waals surface area contributed by atoms with Crippen LogP contribution in [0.5, 0.6) is 0 Å². The van der Waals surface area contributed by atoms with E-state index in [9.17, 15) is 12.8 Å². The maximum Gasteiger partial charge on any atom is 0.243 e. The average molecular weight is 244 g/mol. The average Bonchev–Trinajstić information content (AvgIpc) is 2.94. The first-order chi connectivity index (χ1) is 7.40. The minimum atomic E-state index is -3.77. The van der Waals surface area contributed by atoms with Crippen molar-refractivity contribution in [2.24, 2.45) is 0 Å². The van der Waals surface area contributed by atoms with Crippen LogP contribution in [0.4, 0.5) is 10.1 Å². The fourth-order valence-corrected chi connectivity index (χ4v) is 2.76. The number of halogens is 1. The lowest BCUT2D eigenvalue weighted by atomic mass is 10.2. The molecule has 16 heavy (non-hydrogen) atoms. The maximum atomic E-state index is 13.5. The van der Waals surface area contributed by atoms with Gasteiger partial charge in [-0.3, -0.25) is 0 Å². The van der Waals surface area contributed by atoms with Crippen molar-refractivity contribution in [1.82, 2.24) is 4.72 Å². The van der Waals surface area contributed by atoms with Crippen molar-refractivity contribution in [1.29, 1.82) is 0 Å². The van der Waals surface area contributed by atoms with E-state index in [1.54, 1.807) is 6.92 Å². The molecule has 1 aromatic carbocycles. The van der Waals surface area contributed by atoms with Crippen molar-refractivity contribution < 1.29 is 12.8 Å². The van der Waals surface area contributed by atoms with E-state index in [4.69, 9.17) is 5.73 Å². The second-order valence-corrected chi connectivity index (χ2v) is 5.72. The van der Waals surface area contributed by atoms with Crippen molar-refractivity contribution >= 4 is 15.7 Å². The summed E-state index contributed by atoms with van der Waals surface area (Å²) in [6.45, 7) is 1.63. The van der Waals surface area contributed by atoms with Crippen LogP contribution in [0.1, 0.15) is 18.4 Å². The molecule has 1 fully saturated rings. The molecule has 0 amide bonds. The molecule has 0 bridgehead atoms. The lowest BCUT2D eigenvalue weighted by Crippen LogP contribution is -2.26. The summed E-state index contributed by atoms with van der Waals surface area (Å²) in [7, 11) is -3.77. The third-order valence-corrected chi connectivity index (χ3v) is 4.04. The first-order valence-corrected chi connectivity index (χ1v) is 6.46. The summed E-state index contributed by atoms with van der Waals surface area (Å²) >= 11 is 0. The second-order valence-electron chi connectivity index (χ2n) is 4.03. The van der Waals surface area contributed by atoms with Crippen molar-refractivity contribution in [2.45, 2.75) is 30.7 Å². The van der Waals surface area contributed by atoms with Crippen LogP contribution in [0.25, 0.3) is 0 Å². The smallest absolute Gasteiger partial charge is 0.243 e. The van der Waals surface area contributed by atoms with E-state index >= 15 is 0 Å². The van der Waals surface area contributed by atoms with E-state index in [1.165, 1.54) is 0 Å². The van der Waals surface area contributed by atoms with Crippen molar-refractivity contribution in [3.63, 3.8) is 0 Å². The third-order valence-electron chi connectivity index (χ3n) is 2.51. The summed E-state index contributed by atoms with van der Waals surface area (Å²) in [5, 5.41) is 0. The molecule has 2 rings (SSSR count). The Balaban J connectivity index is 2.42. The Hall–Kier alpha value is -1.14. The fourth-order valence-electron chi connectivity index (χ4n) is 1.36. The van der Waals surface area contributed by atoms with Crippen LogP contribution in [-0.4, -0.2) is 14.5 Å². The Morgan fingerprint density at radius 3 is 2.62 bits per heavy atom. The van der Waals surface area contributed by atoms with Crippen molar-refractivity contribution in [2.75, 3.05) is 5.73 Å². The van der Waals surface area contributed by atoms with Crippen LogP contribution >= 0.6 is 0 Å². The Morgan fingerprint density at radius 1 is 1.44 bits per heavy atom. The molecule has 0 atom stereocenters. The summed E-state index contributed by atoms with van der Waals surface area (Å²) in [6, 6.07) is 2.25. The number of nitrogens with one attached hydrogen (secondary N) is 1. The third kappa shape index (κ3) is 2.17. The summed E-state index contributed by atoms with van der Waals surface area (Å²) in [5.74, 6) is -0.764. The van der Waals surface area contributed by atoms with Gasteiger partial charge >= 0.3 is 0 Å². The van der Waals surface area contributed by atoms with Crippen molar-refractivity contribution in [3.05, 3.63) is 23.5 Å². The van der Waals surface area contributed by atoms with Crippen LogP contribution < -0.4 is 10.5 Å². The van der Waals surface area contributed by atoms with Crippen LogP contribution in [0, 0.1) is 12.7 Å². The predicted octanol–water partition coefficient (Wildman–Crippen LogP) is 1.16. The van der Waals surface area contributed by atoms with Crippen LogP contribution in [0.2, 0.25) is 0 Å². The van der Waals surface area contributed by atoms with Gasteiger partial charge in [-0.1, -0.05) is 0 Å². The zero-order chi connectivity index (χ0) is 11.9. The van der Waals surface area contributed by atoms with E-state index in [1.807, 2.05) is 0 Å². The van der Waals surface area contributed by atoms with Gasteiger partial charge in [0.05, 0.1) is 0 Å². The first-order valence-electron chi connectivity index (χ1n) is 4.98. The van der Waals surface area contributed by atoms with Gasteiger partial charge in [0.2, 0.25) is 10.0 Å². The van der Waals surface area contributed by atoms with Gasteiger partial charge < -0.3 is 5.73 Å². The van der Waals surface area contributed by atoms with E-state index < -0.39 is 15.8 Å². The Labute approximate surface area is 93.7 Å². The number of nitrogen functional groups attached to an aromatic ring is 1. The molecule has 0 spiro atoms. The molecule has 0 unspecified atom stereocenters. The van der Waals surface area contributed by atoms with E-state index in [2.05, 4.69) is 4.72 Å². The Morgan fingerprint density at radius 2 is 2.06 bits per heavy atom. The zero-order valence-corrected chi connectivity index (χ0v) is 9.64. The summed E-state index contributed by atoms with van der Waals surface area (Å²) in [4.78, 5) is -0.373. The highest BCUT2D eigenvalue weighted by Crippen LogP contribution is 2.25. The monoisotopic (exact) mass is 244 g/mol. The van der Waals surface area contributed by atoms with Crippen LogP contribution in [0.3, 0.4) is 0 Å². The minimum Gasteiger partial charge on any atom is -0.398 e. The fraction of sp³-hybridized carbons (Fsp3) is 0.400. The molecule has 1 aliphatic carbocycles. The van der Waals surface area contributed by atoms with Gasteiger partial charge in [0.25, 0.3) is 0 Å². The number of benzene rings is 1. The standard InChI is InChI=1S/C10H13FN2O2S/c1-6-4-8(11)10(5-9(6)12)16(14,15)13-7-2-3-7/h4-5,7,13H,2-3,12H2,1H3. The van der Waals surface area contributed by atoms with Gasteiger partial charge in [-0.05, 0) is 37.5 Å². The number of sulfonamides is 1. The number of anilines is 1. The number of aryl methyl sites for hydroxylation is 1. The van der Waals surface area contributed by atoms with Crippen molar-refractivity contribution in [3.8, 4) is 0 Å². The quantitative estimate of drug-likeness (QED) is 0.784. The van der Waals surface area contributed by atoms with Crippen LogP contribution in [0.15, 0.2) is 17.0 Å². The van der Waals surface area contributed by atoms with Gasteiger partial charge in [-0.15, -0.1) is 0 Å². The minimum absolute atomic E-state index is 0.0491. The number of hydrogen-bond donors (Lipinski definition) is 2. The molecular formula is C10H13FN2O2S. The predicted molar refractivity (Wildman–Crippen MR) is 58.9 cm³/mol. The zero-order valence-electron chi connectivity index (χ0n) is 8.83. The van der Waals surface area contributed by atoms with E-state index in [0.717, 1.165) is 25.0 Å². The normalized spacial score (nSPS) is 16.4. The molecule has 1 aromatic rings. The molecule has 1 saturated carbocycles. The number of nitrogens with two attached hydrogens (primary N) is 1. The molecule has 0 radical (unpaired) electrons. The summed E-state index contributed by atoms with van der Waals surface area (Å²) < 4.78 is 39.5. The highest BCUT2D eigenvalue weighted by atomic mass is 32.2. The Kier molecular flexibility index (Phi) is 2.63. The highest BCUT2D eigenvalue weighted by Gasteiger charge is 2.29. The largest absolute Gasteiger partial charge is 0.398 e. The maximum absolute atomic E-state index is 13.5. The van der Waals surface area contributed by atoms with Gasteiger partial charge in [0.15, 0.2) is 0 Å². The molecule has 0 aromatic heterocycles. The van der Waals surface area contributed by atoms with Gasteiger partial charge in [-0.25, -0.2) is 17.5 Å². The summed E-state index contributed by atoms with van der Waals surface area (Å²) in [6.07, 6.45) is 1.62. The number of hydrogen-bond acceptors (Lipinski definition) is 3. The summed E-state index contributed by atoms with van der Waals surface area (Å²) in [5.41, 5.74) is 6.38. The SMILES string of the molecule is Cc1cc(F)c(S(=O)(=O)NC2CC2)cc1N. The molecular weight excluding hydrogens is 231 g/mol. The lowest BCUT2D eigenvalue weighted by Gasteiger charge is -2.08. The van der Waals surface area contributed by atoms with Gasteiger partial charge in [-0.2, -0.15) is 0 Å². The molecule has 6 heteroatoms. The van der Waals surface area contributed by atoms with E-state index in [0.29, 0.717) is 5.56 Å². The molecule has 0 saturated heterocycles. The van der Waals surface area contributed by atoms with E-state index in [-0.39, 0.29) is 16.6 Å². The number of rotatable bonds is 3. The van der Waals surface area contributed by atoms with Gasteiger partial charge in [0, 0.05) is 11.7 Å². The van der Waals surface area contributed by atoms with Gasteiger partial charge in [0.1, 0.15) is 10.7 Å². The second kappa shape index (κ2) is 3.71. The first kappa shape index (κ1) is 11.3. The lowest BCUT2D eigenvalue weighted by molar-refractivity contribution is 0.556. The molecule has 0 aliphatic heterocycles. The molecule has 3 N–H and O–H groups in total. The highest BCUT2D eigenvalue weighted by molar-refractivity contribution is 7.89. The van der Waals surface area contributed by atoms with Crippen LogP contribution in [-0.2, 0) is 10.0 Å².